The van der Waals surface area contributed by atoms with Gasteiger partial charge >= 0.3 is 5.97 Å². The largest absolute Gasteiger partial charge is 0.478 e. The van der Waals surface area contributed by atoms with Crippen molar-refractivity contribution in [3.63, 3.8) is 0 Å². The number of amides is 1. The van der Waals surface area contributed by atoms with Crippen molar-refractivity contribution >= 4 is 66.7 Å². The fraction of sp³-hybridized carbons (Fsp3) is 0.333. The number of carboxylic acid groups (broad SMARTS) is 1. The summed E-state index contributed by atoms with van der Waals surface area (Å²) in [6.07, 6.45) is 9.57. The number of aromatic nitrogens is 6. The zero-order valence-electron chi connectivity index (χ0n) is 30.5. The van der Waals surface area contributed by atoms with Crippen molar-refractivity contribution in [2.75, 3.05) is 23.7 Å². The van der Waals surface area contributed by atoms with Gasteiger partial charge in [-0.3, -0.25) is 13.6 Å². The Kier molecular flexibility index (Phi) is 11.5. The highest BCUT2D eigenvalue weighted by molar-refractivity contribution is 9.10. The predicted molar refractivity (Wildman–Crippen MR) is 216 cm³/mol. The highest BCUT2D eigenvalue weighted by atomic mass is 79.9. The molecule has 1 amide bonds. The van der Waals surface area contributed by atoms with Crippen molar-refractivity contribution in [1.29, 1.82) is 0 Å². The molecule has 0 unspecified atom stereocenters. The maximum atomic E-state index is 12.4. The van der Waals surface area contributed by atoms with Gasteiger partial charge in [-0.1, -0.05) is 39.8 Å². The zero-order valence-corrected chi connectivity index (χ0v) is 33.7. The van der Waals surface area contributed by atoms with E-state index in [0.29, 0.717) is 39.4 Å². The molecule has 4 N–H and O–H groups in total. The topological polar surface area (TPSA) is 151 Å². The third-order valence-corrected chi connectivity index (χ3v) is 9.48. The van der Waals surface area contributed by atoms with E-state index in [0.717, 1.165) is 81.3 Å². The SMILES string of the molecule is Cc1cc(-c2cnc3c(NCC(C)C)nc(Br)cn23)ccc1C(=O)NC1CC1.Cc1cc(-c2cnc3c(NCC(C)C)nc(Br)cn23)ccc1C(=O)O. The summed E-state index contributed by atoms with van der Waals surface area (Å²) in [5, 5.41) is 18.9. The van der Waals surface area contributed by atoms with Gasteiger partial charge in [0, 0.05) is 48.2 Å². The first kappa shape index (κ1) is 37.9. The van der Waals surface area contributed by atoms with E-state index in [1.807, 2.05) is 58.6 Å². The maximum absolute atomic E-state index is 12.4. The lowest BCUT2D eigenvalue weighted by atomic mass is 10.0. The summed E-state index contributed by atoms with van der Waals surface area (Å²) in [6.45, 7) is 14.0. The van der Waals surface area contributed by atoms with Gasteiger partial charge in [-0.25, -0.2) is 24.7 Å². The Morgan fingerprint density at radius 1 is 0.774 bits per heavy atom. The van der Waals surface area contributed by atoms with Crippen LogP contribution in [0, 0.1) is 25.7 Å². The molecule has 6 aromatic rings. The van der Waals surface area contributed by atoms with Crippen LogP contribution in [0.15, 0.2) is 70.4 Å². The Bertz CT molecular complexity index is 2310. The van der Waals surface area contributed by atoms with Gasteiger partial charge < -0.3 is 21.1 Å². The fourth-order valence-electron chi connectivity index (χ4n) is 5.82. The molecule has 1 aliphatic carbocycles. The molecule has 4 heterocycles. The van der Waals surface area contributed by atoms with E-state index < -0.39 is 5.97 Å². The molecule has 7 rings (SSSR count). The smallest absolute Gasteiger partial charge is 0.335 e. The number of fused-ring (bicyclic) bond motifs is 2. The molecule has 0 aliphatic heterocycles. The van der Waals surface area contributed by atoms with Crippen molar-refractivity contribution < 1.29 is 14.7 Å². The van der Waals surface area contributed by atoms with Crippen LogP contribution < -0.4 is 16.0 Å². The molecule has 1 saturated carbocycles. The van der Waals surface area contributed by atoms with Crippen LogP contribution in [0.3, 0.4) is 0 Å². The van der Waals surface area contributed by atoms with Crippen molar-refractivity contribution in [3.8, 4) is 22.5 Å². The van der Waals surface area contributed by atoms with E-state index in [2.05, 4.69) is 95.4 Å². The molecule has 276 valence electrons. The summed E-state index contributed by atoms with van der Waals surface area (Å²) in [7, 11) is 0. The molecule has 0 bridgehead atoms. The second-order valence-electron chi connectivity index (χ2n) is 14.2. The molecule has 1 fully saturated rings. The van der Waals surface area contributed by atoms with E-state index in [1.165, 1.54) is 0 Å². The molecule has 2 aromatic carbocycles. The van der Waals surface area contributed by atoms with Gasteiger partial charge in [0.05, 0.1) is 29.3 Å². The first-order valence-corrected chi connectivity index (χ1v) is 19.2. The van der Waals surface area contributed by atoms with Gasteiger partial charge in [-0.05, 0) is 106 Å². The highest BCUT2D eigenvalue weighted by Crippen LogP contribution is 2.29. The molecule has 0 radical (unpaired) electrons. The van der Waals surface area contributed by atoms with Crippen LogP contribution in [0.5, 0.6) is 0 Å². The zero-order chi connectivity index (χ0) is 38.0. The second-order valence-corrected chi connectivity index (χ2v) is 15.8. The molecular weight excluding hydrogens is 802 g/mol. The Labute approximate surface area is 325 Å². The predicted octanol–water partition coefficient (Wildman–Crippen LogP) is 8.66. The van der Waals surface area contributed by atoms with Gasteiger partial charge in [0.15, 0.2) is 22.9 Å². The molecular formula is C39H43Br2N9O3. The minimum absolute atomic E-state index is 0.0109. The fourth-order valence-corrected chi connectivity index (χ4v) is 6.58. The second kappa shape index (κ2) is 16.0. The average Bonchev–Trinajstić information content (AvgIpc) is 3.64. The number of halogens is 2. The molecule has 12 nitrogen and oxygen atoms in total. The average molecular weight is 846 g/mol. The van der Waals surface area contributed by atoms with Crippen LogP contribution in [-0.4, -0.2) is 64.9 Å². The van der Waals surface area contributed by atoms with Crippen molar-refractivity contribution in [2.24, 2.45) is 11.8 Å². The molecule has 4 aromatic heterocycles. The molecule has 0 saturated heterocycles. The Balaban J connectivity index is 0.000000183. The monoisotopic (exact) mass is 843 g/mol. The molecule has 1 aliphatic rings. The number of hydrogen-bond donors (Lipinski definition) is 4. The van der Waals surface area contributed by atoms with Crippen LogP contribution in [0.4, 0.5) is 11.6 Å². The standard InChI is InChI=1S/C21H24BrN5O.C18H19BrN4O2/c1-12(2)9-23-19-20-24-10-17(27(20)11-18(22)26-19)14-4-7-16(13(3)8-14)21(28)25-15-5-6-15;1-10(2)7-20-16-17-21-8-14(23(17)9-15(19)22-16)12-4-5-13(18(24)25)11(3)6-12/h4,7-8,10-12,15H,5-6,9H2,1-3H3,(H,23,26)(H,25,28);4-6,8-10H,7H2,1-3H3,(H,20,22)(H,24,25). The summed E-state index contributed by atoms with van der Waals surface area (Å²) in [5.41, 5.74) is 7.98. The quantitative estimate of drug-likeness (QED) is 0.101. The summed E-state index contributed by atoms with van der Waals surface area (Å²) in [5.74, 6) is 1.56. The molecule has 0 atom stereocenters. The third-order valence-electron chi connectivity index (χ3n) is 8.71. The number of carboxylic acids is 1. The van der Waals surface area contributed by atoms with Gasteiger partial charge in [-0.2, -0.15) is 0 Å². The third kappa shape index (κ3) is 8.87. The number of carbonyl (C=O) groups is 2. The molecule has 53 heavy (non-hydrogen) atoms. The number of nitrogens with one attached hydrogen (secondary N) is 3. The van der Waals surface area contributed by atoms with Crippen LogP contribution in [0.25, 0.3) is 33.8 Å². The van der Waals surface area contributed by atoms with Crippen molar-refractivity contribution in [3.05, 3.63) is 92.6 Å². The van der Waals surface area contributed by atoms with Crippen molar-refractivity contribution in [2.45, 2.75) is 60.4 Å². The summed E-state index contributed by atoms with van der Waals surface area (Å²) < 4.78 is 5.42. The number of carbonyl (C=O) groups excluding carboxylic acids is 1. The maximum Gasteiger partial charge on any atom is 0.335 e. The first-order chi connectivity index (χ1) is 25.3. The van der Waals surface area contributed by atoms with E-state index in [1.54, 1.807) is 25.3 Å². The number of aromatic carboxylic acids is 1. The van der Waals surface area contributed by atoms with Gasteiger partial charge in [0.1, 0.15) is 9.21 Å². The number of rotatable bonds is 11. The van der Waals surface area contributed by atoms with E-state index in [-0.39, 0.29) is 5.91 Å². The van der Waals surface area contributed by atoms with Crippen LogP contribution in [-0.2, 0) is 0 Å². The molecule has 14 heteroatoms. The van der Waals surface area contributed by atoms with E-state index >= 15 is 0 Å². The summed E-state index contributed by atoms with van der Waals surface area (Å²) >= 11 is 6.95. The van der Waals surface area contributed by atoms with Gasteiger partial charge in [0.25, 0.3) is 5.91 Å². The Hall–Kier alpha value is -4.82. The lowest BCUT2D eigenvalue weighted by molar-refractivity contribution is 0.0695. The normalized spacial score (nSPS) is 12.6. The number of anilines is 2. The lowest BCUT2D eigenvalue weighted by Gasteiger charge is -2.11. The number of nitrogens with zero attached hydrogens (tertiary/aromatic N) is 6. The first-order valence-electron chi connectivity index (χ1n) is 17.6. The number of benzene rings is 2. The summed E-state index contributed by atoms with van der Waals surface area (Å²) in [4.78, 5) is 41.7. The van der Waals surface area contributed by atoms with Crippen LogP contribution in [0.1, 0.15) is 72.4 Å². The number of hydrogen-bond acceptors (Lipinski definition) is 8. The minimum Gasteiger partial charge on any atom is -0.478 e. The van der Waals surface area contributed by atoms with Gasteiger partial charge in [0.2, 0.25) is 0 Å². The van der Waals surface area contributed by atoms with Crippen LogP contribution in [0.2, 0.25) is 0 Å². The minimum atomic E-state index is -0.922. The number of aryl methyl sites for hydroxylation is 2. The van der Waals surface area contributed by atoms with Crippen LogP contribution >= 0.6 is 31.9 Å². The lowest BCUT2D eigenvalue weighted by Crippen LogP contribution is -2.26. The Morgan fingerprint density at radius 3 is 1.62 bits per heavy atom. The number of imidazole rings is 2. The summed E-state index contributed by atoms with van der Waals surface area (Å²) in [6, 6.07) is 11.6. The Morgan fingerprint density at radius 2 is 1.23 bits per heavy atom. The molecule has 0 spiro atoms. The van der Waals surface area contributed by atoms with E-state index in [4.69, 9.17) is 0 Å². The highest BCUT2D eigenvalue weighted by Gasteiger charge is 2.24. The van der Waals surface area contributed by atoms with Gasteiger partial charge in [-0.15, -0.1) is 0 Å². The van der Waals surface area contributed by atoms with Crippen molar-refractivity contribution in [1.82, 2.24) is 34.1 Å². The van der Waals surface area contributed by atoms with E-state index in [9.17, 15) is 14.7 Å².